The van der Waals surface area contributed by atoms with Gasteiger partial charge in [-0.15, -0.1) is 0 Å². The normalized spacial score (nSPS) is 16.0. The highest BCUT2D eigenvalue weighted by molar-refractivity contribution is 6.31. The summed E-state index contributed by atoms with van der Waals surface area (Å²) in [6.07, 6.45) is 3.10. The highest BCUT2D eigenvalue weighted by atomic mass is 35.5. The van der Waals surface area contributed by atoms with Crippen LogP contribution in [0.4, 0.5) is 10.1 Å². The maximum Gasteiger partial charge on any atom is 0.165 e. The molecule has 0 spiro atoms. The molecule has 1 aliphatic heterocycles. The van der Waals surface area contributed by atoms with Crippen molar-refractivity contribution < 1.29 is 4.39 Å². The van der Waals surface area contributed by atoms with Crippen LogP contribution in [0.5, 0.6) is 0 Å². The van der Waals surface area contributed by atoms with Gasteiger partial charge in [-0.3, -0.25) is 4.99 Å². The third-order valence-electron chi connectivity index (χ3n) is 2.35. The van der Waals surface area contributed by atoms with Crippen molar-refractivity contribution in [1.29, 1.82) is 0 Å². The topological polar surface area (TPSA) is 24.4 Å². The zero-order valence-electron chi connectivity index (χ0n) is 8.26. The molecule has 0 aromatic heterocycles. The molecule has 1 aliphatic rings. The van der Waals surface area contributed by atoms with Crippen LogP contribution in [-0.4, -0.2) is 12.4 Å². The lowest BCUT2D eigenvalue weighted by molar-refractivity contribution is 0.632. The summed E-state index contributed by atoms with van der Waals surface area (Å²) in [5, 5.41) is 3.12. The molecule has 80 valence electrons. The largest absolute Gasteiger partial charge is 0.342 e. The van der Waals surface area contributed by atoms with Crippen molar-refractivity contribution in [2.45, 2.75) is 19.3 Å². The highest BCUT2D eigenvalue weighted by Crippen LogP contribution is 2.22. The fourth-order valence-electron chi connectivity index (χ4n) is 1.56. The molecule has 2 nitrogen and oxygen atoms in total. The van der Waals surface area contributed by atoms with Crippen LogP contribution < -0.4 is 5.32 Å². The lowest BCUT2D eigenvalue weighted by atomic mass is 10.2. The van der Waals surface area contributed by atoms with Gasteiger partial charge in [0.1, 0.15) is 5.84 Å². The predicted octanol–water partition coefficient (Wildman–Crippen LogP) is 3.47. The summed E-state index contributed by atoms with van der Waals surface area (Å²) in [5.41, 5.74) is 0.406. The van der Waals surface area contributed by atoms with Crippen molar-refractivity contribution in [2.24, 2.45) is 4.99 Å². The van der Waals surface area contributed by atoms with Gasteiger partial charge in [-0.05, 0) is 25.0 Å². The number of halogens is 2. The molecule has 0 radical (unpaired) electrons. The number of hydrogen-bond acceptors (Lipinski definition) is 2. The molecule has 1 aromatic carbocycles. The van der Waals surface area contributed by atoms with E-state index in [2.05, 4.69) is 10.3 Å². The molecule has 4 heteroatoms. The summed E-state index contributed by atoms with van der Waals surface area (Å²) in [6.45, 7) is 0.824. The summed E-state index contributed by atoms with van der Waals surface area (Å²) in [4.78, 5) is 4.29. The summed E-state index contributed by atoms with van der Waals surface area (Å²) in [6, 6.07) is 4.92. The van der Waals surface area contributed by atoms with Crippen molar-refractivity contribution in [3.8, 4) is 0 Å². The van der Waals surface area contributed by atoms with E-state index in [-0.39, 0.29) is 5.02 Å². The van der Waals surface area contributed by atoms with Crippen LogP contribution in [0.3, 0.4) is 0 Å². The van der Waals surface area contributed by atoms with Gasteiger partial charge in [0, 0.05) is 13.0 Å². The van der Waals surface area contributed by atoms with Gasteiger partial charge >= 0.3 is 0 Å². The summed E-state index contributed by atoms with van der Waals surface area (Å²) in [5.74, 6) is 0.440. The van der Waals surface area contributed by atoms with Gasteiger partial charge in [-0.1, -0.05) is 17.7 Å². The maximum absolute atomic E-state index is 13.5. The lowest BCUT2D eigenvalue weighted by Crippen LogP contribution is -2.16. The van der Waals surface area contributed by atoms with E-state index in [1.807, 2.05) is 0 Å². The number of hydrogen-bond donors (Lipinski definition) is 1. The number of benzene rings is 1. The standard InChI is InChI=1S/C11H12ClFN2/c12-8-4-3-5-9(11(8)13)15-10-6-1-2-7-14-10/h3-5H,1-2,6-7H2,(H,14,15). The zero-order valence-corrected chi connectivity index (χ0v) is 9.02. The van der Waals surface area contributed by atoms with Crippen molar-refractivity contribution in [3.05, 3.63) is 29.0 Å². The number of aliphatic imine (C=N–C) groups is 1. The molecule has 0 unspecified atom stereocenters. The molecule has 1 N–H and O–H groups in total. The minimum absolute atomic E-state index is 0.136. The van der Waals surface area contributed by atoms with E-state index in [0.717, 1.165) is 31.6 Å². The molecule has 0 saturated carbocycles. The van der Waals surface area contributed by atoms with Crippen LogP contribution in [0.1, 0.15) is 19.3 Å². The molecular weight excluding hydrogens is 215 g/mol. The van der Waals surface area contributed by atoms with Crippen molar-refractivity contribution in [1.82, 2.24) is 0 Å². The molecule has 0 bridgehead atoms. The monoisotopic (exact) mass is 226 g/mol. The van der Waals surface area contributed by atoms with Crippen LogP contribution >= 0.6 is 11.6 Å². The van der Waals surface area contributed by atoms with E-state index in [1.165, 1.54) is 6.07 Å². The molecule has 15 heavy (non-hydrogen) atoms. The Hall–Kier alpha value is -1.09. The Morgan fingerprint density at radius 1 is 1.33 bits per heavy atom. The second-order valence-corrected chi connectivity index (χ2v) is 3.92. The minimum Gasteiger partial charge on any atom is -0.342 e. The van der Waals surface area contributed by atoms with Crippen LogP contribution in [-0.2, 0) is 0 Å². The second-order valence-electron chi connectivity index (χ2n) is 3.51. The summed E-state index contributed by atoms with van der Waals surface area (Å²) >= 11 is 5.68. The van der Waals surface area contributed by atoms with Crippen LogP contribution in [0.2, 0.25) is 5.02 Å². The van der Waals surface area contributed by atoms with Gasteiger partial charge in [0.05, 0.1) is 10.7 Å². The number of amidine groups is 1. The first-order valence-electron chi connectivity index (χ1n) is 5.02. The van der Waals surface area contributed by atoms with E-state index < -0.39 is 5.82 Å². The van der Waals surface area contributed by atoms with Gasteiger partial charge in [0.25, 0.3) is 0 Å². The number of nitrogens with one attached hydrogen (secondary N) is 1. The number of rotatable bonds is 1. The maximum atomic E-state index is 13.5. The Morgan fingerprint density at radius 3 is 2.93 bits per heavy atom. The van der Waals surface area contributed by atoms with E-state index in [4.69, 9.17) is 11.6 Å². The Labute approximate surface area is 93.2 Å². The molecular formula is C11H12ClFN2. The SMILES string of the molecule is Fc1c(Cl)cccc1NC1=NCCCC1. The Morgan fingerprint density at radius 2 is 2.20 bits per heavy atom. The van der Waals surface area contributed by atoms with Crippen LogP contribution in [0.15, 0.2) is 23.2 Å². The lowest BCUT2D eigenvalue weighted by Gasteiger charge is -2.14. The van der Waals surface area contributed by atoms with Gasteiger partial charge in [-0.25, -0.2) is 4.39 Å². The number of nitrogens with zero attached hydrogens (tertiary/aromatic N) is 1. The molecule has 0 saturated heterocycles. The average Bonchev–Trinajstić information content (AvgIpc) is 2.26. The van der Waals surface area contributed by atoms with Gasteiger partial charge in [-0.2, -0.15) is 0 Å². The van der Waals surface area contributed by atoms with E-state index in [9.17, 15) is 4.39 Å². The zero-order chi connectivity index (χ0) is 10.7. The highest BCUT2D eigenvalue weighted by Gasteiger charge is 2.09. The quantitative estimate of drug-likeness (QED) is 0.779. The van der Waals surface area contributed by atoms with Crippen molar-refractivity contribution in [3.63, 3.8) is 0 Å². The van der Waals surface area contributed by atoms with Gasteiger partial charge in [0.2, 0.25) is 0 Å². The van der Waals surface area contributed by atoms with Gasteiger partial charge < -0.3 is 5.32 Å². The third-order valence-corrected chi connectivity index (χ3v) is 2.65. The summed E-state index contributed by atoms with van der Waals surface area (Å²) < 4.78 is 13.5. The van der Waals surface area contributed by atoms with Crippen LogP contribution in [0, 0.1) is 5.82 Å². The molecule has 0 fully saturated rings. The first-order valence-corrected chi connectivity index (χ1v) is 5.39. The Kier molecular flexibility index (Phi) is 3.21. The molecule has 2 rings (SSSR count). The molecule has 0 aliphatic carbocycles. The fourth-order valence-corrected chi connectivity index (χ4v) is 1.73. The summed E-state index contributed by atoms with van der Waals surface area (Å²) in [7, 11) is 0. The molecule has 1 heterocycles. The molecule has 1 aromatic rings. The van der Waals surface area contributed by atoms with Crippen LogP contribution in [0.25, 0.3) is 0 Å². The average molecular weight is 227 g/mol. The smallest absolute Gasteiger partial charge is 0.165 e. The molecule has 0 atom stereocenters. The Balaban J connectivity index is 2.16. The second kappa shape index (κ2) is 4.62. The minimum atomic E-state index is -0.410. The van der Waals surface area contributed by atoms with Gasteiger partial charge in [0.15, 0.2) is 5.82 Å². The molecule has 0 amide bonds. The fraction of sp³-hybridized carbons (Fsp3) is 0.364. The Bertz CT molecular complexity index is 390. The van der Waals surface area contributed by atoms with Crippen molar-refractivity contribution in [2.75, 3.05) is 11.9 Å². The van der Waals surface area contributed by atoms with E-state index in [0.29, 0.717) is 5.69 Å². The first kappa shape index (κ1) is 10.4. The van der Waals surface area contributed by atoms with E-state index >= 15 is 0 Å². The van der Waals surface area contributed by atoms with E-state index in [1.54, 1.807) is 12.1 Å². The first-order chi connectivity index (χ1) is 7.27. The third kappa shape index (κ3) is 2.48. The number of anilines is 1. The predicted molar refractivity (Wildman–Crippen MR) is 61.2 cm³/mol. The van der Waals surface area contributed by atoms with Crippen molar-refractivity contribution >= 4 is 23.1 Å².